The van der Waals surface area contributed by atoms with Gasteiger partial charge in [0.25, 0.3) is 0 Å². The molecule has 5 N–H and O–H groups in total. The van der Waals surface area contributed by atoms with Crippen LogP contribution in [0.3, 0.4) is 0 Å². The molecule has 0 aliphatic carbocycles. The van der Waals surface area contributed by atoms with Gasteiger partial charge in [-0.15, -0.1) is 0 Å². The highest BCUT2D eigenvalue weighted by molar-refractivity contribution is 7.80. The molecule has 0 saturated heterocycles. The zero-order valence-electron chi connectivity index (χ0n) is 5.71. The van der Waals surface area contributed by atoms with Gasteiger partial charge in [-0.25, -0.2) is 0 Å². The van der Waals surface area contributed by atoms with E-state index in [4.69, 9.17) is 11.5 Å². The molecule has 0 aliphatic heterocycles. The van der Waals surface area contributed by atoms with E-state index in [1.54, 1.807) is 0 Å². The lowest BCUT2D eigenvalue weighted by atomic mass is 10.3. The van der Waals surface area contributed by atoms with Gasteiger partial charge in [-0.05, 0) is 0 Å². The lowest BCUT2D eigenvalue weighted by Crippen LogP contribution is -2.43. The summed E-state index contributed by atoms with van der Waals surface area (Å²) in [4.78, 5) is 10.8. The molecule has 0 radical (unpaired) electrons. The van der Waals surface area contributed by atoms with Gasteiger partial charge in [0.1, 0.15) is 0 Å². The number of hydrogen-bond donors (Lipinski definition) is 4. The number of nitrogens with two attached hydrogens (primary N) is 2. The van der Waals surface area contributed by atoms with Crippen LogP contribution in [0, 0.1) is 0 Å². The molecule has 0 bridgehead atoms. The van der Waals surface area contributed by atoms with Crippen molar-refractivity contribution in [1.29, 1.82) is 0 Å². The fourth-order valence-electron chi connectivity index (χ4n) is 0.409. The third-order valence-electron chi connectivity index (χ3n) is 0.977. The number of nitrogens with one attached hydrogen (secondary N) is 1. The second-order valence-corrected chi connectivity index (χ2v) is 2.23. The van der Waals surface area contributed by atoms with Crippen molar-refractivity contribution >= 4 is 18.5 Å². The number of amides is 1. The van der Waals surface area contributed by atoms with Crippen LogP contribution in [0.1, 0.15) is 0 Å². The Balaban J connectivity index is 3.42. The van der Waals surface area contributed by atoms with Crippen molar-refractivity contribution in [3.63, 3.8) is 0 Å². The lowest BCUT2D eigenvalue weighted by molar-refractivity contribution is -0.121. The summed E-state index contributed by atoms with van der Waals surface area (Å²) in [6.45, 7) is 0.908. The van der Waals surface area contributed by atoms with Crippen LogP contribution in [0.5, 0.6) is 0 Å². The van der Waals surface area contributed by atoms with Crippen LogP contribution in [0.15, 0.2) is 0 Å². The van der Waals surface area contributed by atoms with Crippen LogP contribution >= 0.6 is 12.6 Å². The van der Waals surface area contributed by atoms with E-state index < -0.39 is 6.04 Å². The van der Waals surface area contributed by atoms with Crippen LogP contribution in [-0.4, -0.2) is 30.8 Å². The molecule has 10 heavy (non-hydrogen) atoms. The van der Waals surface area contributed by atoms with Crippen LogP contribution in [0.4, 0.5) is 0 Å². The van der Waals surface area contributed by atoms with Gasteiger partial charge >= 0.3 is 0 Å². The van der Waals surface area contributed by atoms with E-state index in [1.165, 1.54) is 0 Å². The molecule has 60 valence electrons. The molecule has 0 spiro atoms. The normalized spacial score (nSPS) is 12.7. The minimum absolute atomic E-state index is 0.194. The molecule has 1 amide bonds. The van der Waals surface area contributed by atoms with Gasteiger partial charge in [-0.1, -0.05) is 0 Å². The standard InChI is InChI=1S/C5H13N3OS/c6-1-2-8-5(9)4(7)3-10/h4,10H,1-3,6-7H2,(H,8,9)/t4-/m0/s1. The largest absolute Gasteiger partial charge is 0.353 e. The third kappa shape index (κ3) is 3.71. The summed E-state index contributed by atoms with van der Waals surface area (Å²) in [6.07, 6.45) is 0. The Morgan fingerprint density at radius 1 is 1.70 bits per heavy atom. The maximum atomic E-state index is 10.8. The first kappa shape index (κ1) is 9.74. The second kappa shape index (κ2) is 5.52. The molecule has 0 saturated carbocycles. The Morgan fingerprint density at radius 2 is 2.30 bits per heavy atom. The summed E-state index contributed by atoms with van der Waals surface area (Å²) in [7, 11) is 0. The molecule has 0 aliphatic rings. The van der Waals surface area contributed by atoms with Gasteiger partial charge in [0.15, 0.2) is 0 Å². The summed E-state index contributed by atoms with van der Waals surface area (Å²) in [5.41, 5.74) is 10.5. The second-order valence-electron chi connectivity index (χ2n) is 1.87. The highest BCUT2D eigenvalue weighted by Gasteiger charge is 2.08. The molecule has 0 aromatic heterocycles. The first-order valence-corrected chi connectivity index (χ1v) is 3.69. The molecule has 1 atom stereocenters. The van der Waals surface area contributed by atoms with Crippen molar-refractivity contribution in [3.05, 3.63) is 0 Å². The molecule has 0 aromatic rings. The summed E-state index contributed by atoms with van der Waals surface area (Å²) < 4.78 is 0. The first-order valence-electron chi connectivity index (χ1n) is 3.06. The Labute approximate surface area is 65.7 Å². The number of hydrogen-bond acceptors (Lipinski definition) is 4. The van der Waals surface area contributed by atoms with Gasteiger partial charge in [0.2, 0.25) is 5.91 Å². The molecule has 0 rings (SSSR count). The number of carbonyl (C=O) groups excluding carboxylic acids is 1. The van der Waals surface area contributed by atoms with E-state index in [0.29, 0.717) is 18.8 Å². The summed E-state index contributed by atoms with van der Waals surface area (Å²) in [5.74, 6) is 0.164. The Hall–Kier alpha value is -0.260. The highest BCUT2D eigenvalue weighted by atomic mass is 32.1. The van der Waals surface area contributed by atoms with Crippen LogP contribution in [0.25, 0.3) is 0 Å². The smallest absolute Gasteiger partial charge is 0.237 e. The molecule has 0 fully saturated rings. The molecule has 0 unspecified atom stereocenters. The summed E-state index contributed by atoms with van der Waals surface area (Å²) in [5, 5.41) is 2.55. The van der Waals surface area contributed by atoms with E-state index in [9.17, 15) is 4.79 Å². The Kier molecular flexibility index (Phi) is 5.38. The van der Waals surface area contributed by atoms with Crippen LogP contribution in [-0.2, 0) is 4.79 Å². The average Bonchev–Trinajstić information content (AvgIpc) is 1.98. The number of rotatable bonds is 4. The van der Waals surface area contributed by atoms with Crippen molar-refractivity contribution in [2.24, 2.45) is 11.5 Å². The Morgan fingerprint density at radius 3 is 2.70 bits per heavy atom. The van der Waals surface area contributed by atoms with Crippen LogP contribution < -0.4 is 16.8 Å². The Bertz CT molecular complexity index is 109. The zero-order valence-corrected chi connectivity index (χ0v) is 6.60. The van der Waals surface area contributed by atoms with E-state index in [2.05, 4.69) is 17.9 Å². The maximum absolute atomic E-state index is 10.8. The highest BCUT2D eigenvalue weighted by Crippen LogP contribution is 1.81. The molecule has 0 heterocycles. The summed E-state index contributed by atoms with van der Waals surface area (Å²) >= 11 is 3.86. The van der Waals surface area contributed by atoms with Gasteiger partial charge in [-0.2, -0.15) is 12.6 Å². The van der Waals surface area contributed by atoms with Gasteiger partial charge in [0, 0.05) is 18.8 Å². The lowest BCUT2D eigenvalue weighted by Gasteiger charge is -2.07. The topological polar surface area (TPSA) is 81.1 Å². The maximum Gasteiger partial charge on any atom is 0.237 e. The number of thiol groups is 1. The fourth-order valence-corrected chi connectivity index (χ4v) is 0.575. The van der Waals surface area contributed by atoms with Crippen molar-refractivity contribution in [1.82, 2.24) is 5.32 Å². The van der Waals surface area contributed by atoms with Gasteiger partial charge in [0.05, 0.1) is 6.04 Å². The monoisotopic (exact) mass is 163 g/mol. The average molecular weight is 163 g/mol. The van der Waals surface area contributed by atoms with Crippen molar-refractivity contribution in [2.45, 2.75) is 6.04 Å². The van der Waals surface area contributed by atoms with E-state index in [1.807, 2.05) is 0 Å². The fraction of sp³-hybridized carbons (Fsp3) is 0.800. The third-order valence-corrected chi connectivity index (χ3v) is 1.37. The van der Waals surface area contributed by atoms with E-state index in [-0.39, 0.29) is 5.91 Å². The number of carbonyl (C=O) groups is 1. The molecule has 5 heteroatoms. The predicted molar refractivity (Wildman–Crippen MR) is 43.9 cm³/mol. The summed E-state index contributed by atoms with van der Waals surface area (Å²) in [6, 6.07) is -0.519. The SMILES string of the molecule is NCCNC(=O)[C@@H](N)CS. The zero-order chi connectivity index (χ0) is 7.98. The van der Waals surface area contributed by atoms with Crippen molar-refractivity contribution in [2.75, 3.05) is 18.8 Å². The van der Waals surface area contributed by atoms with Crippen molar-refractivity contribution in [3.8, 4) is 0 Å². The minimum atomic E-state index is -0.519. The molecule has 4 nitrogen and oxygen atoms in total. The van der Waals surface area contributed by atoms with Gasteiger partial charge in [-0.3, -0.25) is 4.79 Å². The predicted octanol–water partition coefficient (Wildman–Crippen LogP) is -1.68. The van der Waals surface area contributed by atoms with E-state index in [0.717, 1.165) is 0 Å². The quantitative estimate of drug-likeness (QED) is 0.374. The molecule has 0 aromatic carbocycles. The molecular formula is C5H13N3OS. The van der Waals surface area contributed by atoms with Crippen LogP contribution in [0.2, 0.25) is 0 Å². The van der Waals surface area contributed by atoms with Gasteiger partial charge < -0.3 is 16.8 Å². The van der Waals surface area contributed by atoms with E-state index >= 15 is 0 Å². The minimum Gasteiger partial charge on any atom is -0.353 e. The van der Waals surface area contributed by atoms with Crippen molar-refractivity contribution < 1.29 is 4.79 Å². The first-order chi connectivity index (χ1) is 4.72. The molecular weight excluding hydrogens is 150 g/mol.